The molecule has 0 bridgehead atoms. The monoisotopic (exact) mass is 474 g/mol. The van der Waals surface area contributed by atoms with E-state index in [9.17, 15) is 0 Å². The van der Waals surface area contributed by atoms with Crippen LogP contribution in [0.4, 0.5) is 0 Å². The number of nitrogens with zero attached hydrogens (tertiary/aromatic N) is 2. The summed E-state index contributed by atoms with van der Waals surface area (Å²) in [5.74, 6) is 2.21. The number of guanidine groups is 1. The number of thioether (sulfide) groups is 1. The molecule has 1 unspecified atom stereocenters. The van der Waals surface area contributed by atoms with Gasteiger partial charge in [0.2, 0.25) is 0 Å². The van der Waals surface area contributed by atoms with Crippen LogP contribution in [0.3, 0.4) is 0 Å². The molecular formula is C19H31IN4S. The molecule has 1 aromatic carbocycles. The zero-order valence-electron chi connectivity index (χ0n) is 15.2. The van der Waals surface area contributed by atoms with Gasteiger partial charge in [0, 0.05) is 31.9 Å². The summed E-state index contributed by atoms with van der Waals surface area (Å²) in [6.07, 6.45) is 5.39. The zero-order chi connectivity index (χ0) is 16.6. The molecule has 0 aliphatic carbocycles. The molecule has 0 radical (unpaired) electrons. The molecule has 2 saturated heterocycles. The van der Waals surface area contributed by atoms with E-state index in [-0.39, 0.29) is 24.0 Å². The molecule has 140 valence electrons. The number of hydrogen-bond donors (Lipinski definition) is 2. The predicted molar refractivity (Wildman–Crippen MR) is 120 cm³/mol. The van der Waals surface area contributed by atoms with E-state index in [0.29, 0.717) is 0 Å². The van der Waals surface area contributed by atoms with Crippen molar-refractivity contribution in [1.82, 2.24) is 15.5 Å². The maximum Gasteiger partial charge on any atom is 0.191 e. The van der Waals surface area contributed by atoms with Crippen molar-refractivity contribution >= 4 is 41.7 Å². The lowest BCUT2D eigenvalue weighted by atomic mass is 10.1. The third kappa shape index (κ3) is 6.98. The zero-order valence-corrected chi connectivity index (χ0v) is 18.3. The van der Waals surface area contributed by atoms with E-state index in [1.165, 1.54) is 55.7 Å². The molecule has 3 rings (SSSR count). The van der Waals surface area contributed by atoms with Gasteiger partial charge in [-0.05, 0) is 55.7 Å². The lowest BCUT2D eigenvalue weighted by Crippen LogP contribution is -2.39. The van der Waals surface area contributed by atoms with E-state index in [1.807, 2.05) is 7.05 Å². The molecule has 0 aromatic heterocycles. The van der Waals surface area contributed by atoms with Crippen molar-refractivity contribution in [3.8, 4) is 0 Å². The van der Waals surface area contributed by atoms with Gasteiger partial charge < -0.3 is 10.6 Å². The molecule has 0 spiro atoms. The van der Waals surface area contributed by atoms with Crippen LogP contribution in [-0.4, -0.2) is 48.5 Å². The highest BCUT2D eigenvalue weighted by Crippen LogP contribution is 2.25. The van der Waals surface area contributed by atoms with E-state index in [0.717, 1.165) is 30.8 Å². The molecule has 25 heavy (non-hydrogen) atoms. The maximum absolute atomic E-state index is 4.33. The summed E-state index contributed by atoms with van der Waals surface area (Å²) < 4.78 is 0. The molecule has 6 heteroatoms. The Hall–Kier alpha value is -0.470. The SMILES string of the molecule is CN=C(NCc1ccc(CN2CCCC2)cc1)NCC1CCCS1.I. The van der Waals surface area contributed by atoms with Crippen LogP contribution in [0.15, 0.2) is 29.3 Å². The van der Waals surface area contributed by atoms with Crippen LogP contribution in [-0.2, 0) is 13.1 Å². The van der Waals surface area contributed by atoms with Gasteiger partial charge in [-0.1, -0.05) is 24.3 Å². The van der Waals surface area contributed by atoms with Crippen LogP contribution in [0.5, 0.6) is 0 Å². The fourth-order valence-corrected chi connectivity index (χ4v) is 4.58. The van der Waals surface area contributed by atoms with Crippen LogP contribution in [0, 0.1) is 0 Å². The molecule has 4 nitrogen and oxygen atoms in total. The van der Waals surface area contributed by atoms with Gasteiger partial charge in [0.1, 0.15) is 0 Å². The number of nitrogens with one attached hydrogen (secondary N) is 2. The van der Waals surface area contributed by atoms with Crippen molar-refractivity contribution in [2.75, 3.05) is 32.4 Å². The minimum absolute atomic E-state index is 0. The molecule has 2 heterocycles. The highest BCUT2D eigenvalue weighted by molar-refractivity contribution is 14.0. The van der Waals surface area contributed by atoms with Crippen LogP contribution < -0.4 is 10.6 Å². The van der Waals surface area contributed by atoms with Crippen LogP contribution in [0.1, 0.15) is 36.8 Å². The smallest absolute Gasteiger partial charge is 0.191 e. The Morgan fingerprint density at radius 3 is 2.48 bits per heavy atom. The maximum atomic E-state index is 4.33. The Labute approximate surface area is 173 Å². The Morgan fingerprint density at radius 1 is 1.12 bits per heavy atom. The molecule has 0 amide bonds. The summed E-state index contributed by atoms with van der Waals surface area (Å²) in [6, 6.07) is 9.00. The van der Waals surface area contributed by atoms with Gasteiger partial charge in [0.05, 0.1) is 0 Å². The Balaban J connectivity index is 0.00000225. The molecule has 1 aromatic rings. The summed E-state index contributed by atoms with van der Waals surface area (Å²) in [5, 5.41) is 7.62. The lowest BCUT2D eigenvalue weighted by molar-refractivity contribution is 0.331. The molecular weight excluding hydrogens is 443 g/mol. The molecule has 2 fully saturated rings. The fourth-order valence-electron chi connectivity index (χ4n) is 3.38. The Morgan fingerprint density at radius 2 is 1.84 bits per heavy atom. The van der Waals surface area contributed by atoms with Crippen molar-refractivity contribution < 1.29 is 0 Å². The Kier molecular flexibility index (Phi) is 9.41. The van der Waals surface area contributed by atoms with Crippen LogP contribution in [0.2, 0.25) is 0 Å². The van der Waals surface area contributed by atoms with Gasteiger partial charge in [-0.15, -0.1) is 24.0 Å². The minimum atomic E-state index is 0. The normalized spacial score (nSPS) is 21.2. The first-order valence-corrected chi connectivity index (χ1v) is 10.2. The predicted octanol–water partition coefficient (Wildman–Crippen LogP) is 3.46. The van der Waals surface area contributed by atoms with Crippen molar-refractivity contribution in [3.05, 3.63) is 35.4 Å². The second-order valence-electron chi connectivity index (χ2n) is 6.74. The van der Waals surface area contributed by atoms with Gasteiger partial charge in [-0.2, -0.15) is 11.8 Å². The number of halogens is 1. The van der Waals surface area contributed by atoms with Crippen molar-refractivity contribution in [3.63, 3.8) is 0 Å². The molecule has 2 aliphatic heterocycles. The summed E-state index contributed by atoms with van der Waals surface area (Å²) in [6.45, 7) is 5.44. The third-order valence-corrected chi connectivity index (χ3v) is 6.23. The van der Waals surface area contributed by atoms with Gasteiger partial charge in [-0.25, -0.2) is 0 Å². The summed E-state index contributed by atoms with van der Waals surface area (Å²) in [5.41, 5.74) is 2.72. The van der Waals surface area contributed by atoms with Gasteiger partial charge in [0.25, 0.3) is 0 Å². The second-order valence-corrected chi connectivity index (χ2v) is 8.15. The first-order chi connectivity index (χ1) is 11.8. The van der Waals surface area contributed by atoms with Crippen molar-refractivity contribution in [2.45, 2.75) is 44.0 Å². The number of rotatable bonds is 6. The first-order valence-electron chi connectivity index (χ1n) is 9.20. The highest BCUT2D eigenvalue weighted by Gasteiger charge is 2.15. The topological polar surface area (TPSA) is 39.7 Å². The molecule has 2 N–H and O–H groups in total. The van der Waals surface area contributed by atoms with Crippen molar-refractivity contribution in [1.29, 1.82) is 0 Å². The molecule has 0 saturated carbocycles. The van der Waals surface area contributed by atoms with E-state index >= 15 is 0 Å². The van der Waals surface area contributed by atoms with E-state index in [4.69, 9.17) is 0 Å². The lowest BCUT2D eigenvalue weighted by Gasteiger charge is -2.16. The van der Waals surface area contributed by atoms with Crippen molar-refractivity contribution in [2.24, 2.45) is 4.99 Å². The van der Waals surface area contributed by atoms with Gasteiger partial charge >= 0.3 is 0 Å². The summed E-state index contributed by atoms with van der Waals surface area (Å²) >= 11 is 2.07. The van der Waals surface area contributed by atoms with Gasteiger partial charge in [-0.3, -0.25) is 9.89 Å². The van der Waals surface area contributed by atoms with E-state index < -0.39 is 0 Å². The fraction of sp³-hybridized carbons (Fsp3) is 0.632. The minimum Gasteiger partial charge on any atom is -0.355 e. The summed E-state index contributed by atoms with van der Waals surface area (Å²) in [7, 11) is 1.84. The first kappa shape index (κ1) is 20.8. The van der Waals surface area contributed by atoms with Crippen LogP contribution >= 0.6 is 35.7 Å². The largest absolute Gasteiger partial charge is 0.355 e. The van der Waals surface area contributed by atoms with E-state index in [1.54, 1.807) is 0 Å². The van der Waals surface area contributed by atoms with E-state index in [2.05, 4.69) is 56.6 Å². The number of likely N-dealkylation sites (tertiary alicyclic amines) is 1. The average Bonchev–Trinajstić information content (AvgIpc) is 3.30. The number of hydrogen-bond acceptors (Lipinski definition) is 3. The third-order valence-electron chi connectivity index (χ3n) is 4.83. The summed E-state index contributed by atoms with van der Waals surface area (Å²) in [4.78, 5) is 6.87. The standard InChI is InChI=1S/C19H30N4S.HI/c1-20-19(22-14-18-5-4-12-24-18)21-13-16-6-8-17(9-7-16)15-23-10-2-3-11-23;/h6-9,18H,2-5,10-15H2,1H3,(H2,20,21,22);1H. The highest BCUT2D eigenvalue weighted by atomic mass is 127. The average molecular weight is 474 g/mol. The second kappa shape index (κ2) is 11.3. The molecule has 2 aliphatic rings. The van der Waals surface area contributed by atoms with Gasteiger partial charge in [0.15, 0.2) is 5.96 Å². The quantitative estimate of drug-likeness (QED) is 0.377. The Bertz CT molecular complexity index is 523. The number of benzene rings is 1. The van der Waals surface area contributed by atoms with Crippen LogP contribution in [0.25, 0.3) is 0 Å². The number of aliphatic imine (C=N–C) groups is 1. The molecule has 1 atom stereocenters.